The highest BCUT2D eigenvalue weighted by atomic mass is 19.1. The average Bonchev–Trinajstić information content (AvgIpc) is 2.19. The van der Waals surface area contributed by atoms with Gasteiger partial charge in [-0.25, -0.2) is 4.39 Å². The summed E-state index contributed by atoms with van der Waals surface area (Å²) in [6.07, 6.45) is 0.834. The topological polar surface area (TPSA) is 26.3 Å². The summed E-state index contributed by atoms with van der Waals surface area (Å²) in [6.45, 7) is 7.51. The van der Waals surface area contributed by atoms with Crippen molar-refractivity contribution in [3.8, 4) is 5.75 Å². The summed E-state index contributed by atoms with van der Waals surface area (Å²) in [5.74, 6) is 0.0895. The van der Waals surface area contributed by atoms with Crippen LogP contribution < -0.4 is 4.74 Å². The number of ketones is 1. The van der Waals surface area contributed by atoms with E-state index >= 15 is 0 Å². The van der Waals surface area contributed by atoms with Crippen molar-refractivity contribution in [2.45, 2.75) is 40.2 Å². The predicted octanol–water partition coefficient (Wildman–Crippen LogP) is 3.84. The monoisotopic (exact) mass is 238 g/mol. The molecule has 2 nitrogen and oxygen atoms in total. The Hall–Kier alpha value is -1.38. The van der Waals surface area contributed by atoms with Gasteiger partial charge in [0.1, 0.15) is 0 Å². The first-order chi connectivity index (χ1) is 7.90. The molecule has 0 aromatic heterocycles. The van der Waals surface area contributed by atoms with Crippen LogP contribution in [0.1, 0.15) is 44.5 Å². The molecule has 0 heterocycles. The maximum Gasteiger partial charge on any atom is 0.165 e. The number of ether oxygens (including phenoxy) is 1. The number of Topliss-reactive ketones (excluding diaryl/α,β-unsaturated/α-hetero) is 1. The van der Waals surface area contributed by atoms with E-state index in [2.05, 4.69) is 13.8 Å². The molecule has 0 amide bonds. The lowest BCUT2D eigenvalue weighted by Crippen LogP contribution is -2.15. The lowest BCUT2D eigenvalue weighted by molar-refractivity contribution is 0.101. The van der Waals surface area contributed by atoms with Gasteiger partial charge < -0.3 is 4.74 Å². The van der Waals surface area contributed by atoms with Crippen molar-refractivity contribution in [1.82, 2.24) is 0 Å². The van der Waals surface area contributed by atoms with Gasteiger partial charge in [0.15, 0.2) is 17.3 Å². The maximum atomic E-state index is 13.6. The summed E-state index contributed by atoms with van der Waals surface area (Å²) in [5, 5.41) is 0. The third-order valence-electron chi connectivity index (χ3n) is 2.47. The van der Waals surface area contributed by atoms with Crippen LogP contribution in [0.5, 0.6) is 5.75 Å². The van der Waals surface area contributed by atoms with Crippen LogP contribution in [-0.4, -0.2) is 11.9 Å². The van der Waals surface area contributed by atoms with Crippen molar-refractivity contribution in [1.29, 1.82) is 0 Å². The molecule has 1 aromatic carbocycles. The van der Waals surface area contributed by atoms with Gasteiger partial charge in [-0.05, 0) is 44.4 Å². The van der Waals surface area contributed by atoms with Crippen LogP contribution in [0.25, 0.3) is 0 Å². The van der Waals surface area contributed by atoms with Gasteiger partial charge in [-0.15, -0.1) is 0 Å². The second-order valence-electron chi connectivity index (χ2n) is 4.76. The van der Waals surface area contributed by atoms with Crippen molar-refractivity contribution < 1.29 is 13.9 Å². The molecule has 1 unspecified atom stereocenters. The minimum Gasteiger partial charge on any atom is -0.488 e. The molecule has 17 heavy (non-hydrogen) atoms. The van der Waals surface area contributed by atoms with E-state index < -0.39 is 5.82 Å². The van der Waals surface area contributed by atoms with E-state index in [-0.39, 0.29) is 17.6 Å². The first-order valence-corrected chi connectivity index (χ1v) is 5.87. The van der Waals surface area contributed by atoms with Crippen molar-refractivity contribution >= 4 is 5.78 Å². The van der Waals surface area contributed by atoms with Gasteiger partial charge in [-0.3, -0.25) is 4.79 Å². The van der Waals surface area contributed by atoms with Gasteiger partial charge in [-0.1, -0.05) is 13.8 Å². The molecule has 0 bridgehead atoms. The van der Waals surface area contributed by atoms with E-state index in [1.54, 1.807) is 6.07 Å². The van der Waals surface area contributed by atoms with Gasteiger partial charge in [0.05, 0.1) is 6.10 Å². The molecule has 1 rings (SSSR count). The highest BCUT2D eigenvalue weighted by Gasteiger charge is 2.11. The summed E-state index contributed by atoms with van der Waals surface area (Å²) in [6, 6.07) is 4.32. The summed E-state index contributed by atoms with van der Waals surface area (Å²) < 4.78 is 19.1. The fraction of sp³-hybridized carbons (Fsp3) is 0.500. The highest BCUT2D eigenvalue weighted by molar-refractivity contribution is 5.94. The van der Waals surface area contributed by atoms with Crippen LogP contribution in [0, 0.1) is 11.7 Å². The van der Waals surface area contributed by atoms with Gasteiger partial charge in [0, 0.05) is 5.56 Å². The third-order valence-corrected chi connectivity index (χ3v) is 2.47. The molecule has 94 valence electrons. The van der Waals surface area contributed by atoms with Crippen molar-refractivity contribution in [2.75, 3.05) is 0 Å². The molecule has 0 spiro atoms. The zero-order chi connectivity index (χ0) is 13.0. The van der Waals surface area contributed by atoms with Gasteiger partial charge in [0.2, 0.25) is 0 Å². The number of carbonyl (C=O) groups is 1. The quantitative estimate of drug-likeness (QED) is 0.728. The molecule has 3 heteroatoms. The van der Waals surface area contributed by atoms with Crippen molar-refractivity contribution in [3.05, 3.63) is 29.6 Å². The van der Waals surface area contributed by atoms with Crippen molar-refractivity contribution in [2.24, 2.45) is 5.92 Å². The maximum absolute atomic E-state index is 13.6. The van der Waals surface area contributed by atoms with E-state index in [9.17, 15) is 9.18 Å². The number of hydrogen-bond donors (Lipinski definition) is 0. The van der Waals surface area contributed by atoms with E-state index in [0.717, 1.165) is 6.42 Å². The zero-order valence-electron chi connectivity index (χ0n) is 10.8. The van der Waals surface area contributed by atoms with Gasteiger partial charge >= 0.3 is 0 Å². The summed E-state index contributed by atoms with van der Waals surface area (Å²) in [7, 11) is 0. The summed E-state index contributed by atoms with van der Waals surface area (Å²) >= 11 is 0. The van der Waals surface area contributed by atoms with Crippen LogP contribution in [0.3, 0.4) is 0 Å². The largest absolute Gasteiger partial charge is 0.488 e. The minimum absolute atomic E-state index is 0.0346. The molecule has 0 saturated heterocycles. The van der Waals surface area contributed by atoms with Gasteiger partial charge in [0.25, 0.3) is 0 Å². The fourth-order valence-corrected chi connectivity index (χ4v) is 1.74. The Bertz CT molecular complexity index is 399. The molecule has 0 N–H and O–H groups in total. The first kappa shape index (κ1) is 13.7. The number of carbonyl (C=O) groups excluding carboxylic acids is 1. The average molecular weight is 238 g/mol. The van der Waals surface area contributed by atoms with Crippen LogP contribution in [0.15, 0.2) is 18.2 Å². The number of rotatable bonds is 5. The molecular formula is C14H19FO2. The van der Waals surface area contributed by atoms with Crippen LogP contribution in [-0.2, 0) is 0 Å². The van der Waals surface area contributed by atoms with E-state index in [1.807, 2.05) is 6.92 Å². The molecule has 0 radical (unpaired) electrons. The summed E-state index contributed by atoms with van der Waals surface area (Å²) in [4.78, 5) is 11.1. The van der Waals surface area contributed by atoms with Crippen LogP contribution in [0.2, 0.25) is 0 Å². The molecule has 0 aliphatic carbocycles. The van der Waals surface area contributed by atoms with Crippen molar-refractivity contribution in [3.63, 3.8) is 0 Å². The minimum atomic E-state index is -0.478. The zero-order valence-corrected chi connectivity index (χ0v) is 10.8. The smallest absolute Gasteiger partial charge is 0.165 e. The molecule has 0 aliphatic heterocycles. The Morgan fingerprint density at radius 3 is 2.47 bits per heavy atom. The Balaban J connectivity index is 2.75. The molecule has 0 aliphatic rings. The Kier molecular flexibility index (Phi) is 4.67. The SMILES string of the molecule is CC(=O)c1ccc(OC(C)CC(C)C)c(F)c1. The van der Waals surface area contributed by atoms with E-state index in [1.165, 1.54) is 19.1 Å². The van der Waals surface area contributed by atoms with E-state index in [0.29, 0.717) is 11.5 Å². The molecule has 1 atom stereocenters. The lowest BCUT2D eigenvalue weighted by atomic mass is 10.1. The number of halogens is 1. The van der Waals surface area contributed by atoms with Gasteiger partial charge in [-0.2, -0.15) is 0 Å². The Morgan fingerprint density at radius 1 is 1.35 bits per heavy atom. The molecule has 0 saturated carbocycles. The Morgan fingerprint density at radius 2 is 2.00 bits per heavy atom. The lowest BCUT2D eigenvalue weighted by Gasteiger charge is -2.17. The number of benzene rings is 1. The third kappa shape index (κ3) is 4.17. The second kappa shape index (κ2) is 5.80. The van der Waals surface area contributed by atoms with E-state index in [4.69, 9.17) is 4.74 Å². The Labute approximate surface area is 102 Å². The highest BCUT2D eigenvalue weighted by Crippen LogP contribution is 2.21. The summed E-state index contributed by atoms with van der Waals surface area (Å²) in [5.41, 5.74) is 0.367. The predicted molar refractivity (Wildman–Crippen MR) is 65.9 cm³/mol. The number of hydrogen-bond acceptors (Lipinski definition) is 2. The second-order valence-corrected chi connectivity index (χ2v) is 4.76. The molecule has 0 fully saturated rings. The van der Waals surface area contributed by atoms with Crippen LogP contribution in [0.4, 0.5) is 4.39 Å². The molecular weight excluding hydrogens is 219 g/mol. The first-order valence-electron chi connectivity index (χ1n) is 5.87. The molecule has 1 aromatic rings. The van der Waals surface area contributed by atoms with Crippen LogP contribution >= 0.6 is 0 Å². The fourth-order valence-electron chi connectivity index (χ4n) is 1.74. The standard InChI is InChI=1S/C14H19FO2/c1-9(2)7-10(3)17-14-6-5-12(11(4)16)8-13(14)15/h5-6,8-10H,7H2,1-4H3. The normalized spacial score (nSPS) is 12.6.